The Labute approximate surface area is 115 Å². The highest BCUT2D eigenvalue weighted by Gasteiger charge is 2.30. The van der Waals surface area contributed by atoms with E-state index >= 15 is 0 Å². The summed E-state index contributed by atoms with van der Waals surface area (Å²) in [7, 11) is 0. The van der Waals surface area contributed by atoms with Crippen molar-refractivity contribution in [3.05, 3.63) is 34.9 Å². The Bertz CT molecular complexity index is 477. The predicted octanol–water partition coefficient (Wildman–Crippen LogP) is 4.50. The van der Waals surface area contributed by atoms with Gasteiger partial charge in [0, 0.05) is 17.5 Å². The average molecular weight is 260 g/mol. The monoisotopic (exact) mass is 260 g/mol. The molecule has 0 aliphatic heterocycles. The first kappa shape index (κ1) is 14.0. The number of aromatic hydroxyl groups is 2. The summed E-state index contributed by atoms with van der Waals surface area (Å²) in [6.45, 7) is 8.62. The van der Waals surface area contributed by atoms with Gasteiger partial charge in [0.25, 0.3) is 0 Å². The number of rotatable bonds is 2. The molecule has 0 bridgehead atoms. The Morgan fingerprint density at radius 3 is 2.42 bits per heavy atom. The third-order valence-electron chi connectivity index (χ3n) is 4.34. The van der Waals surface area contributed by atoms with Gasteiger partial charge in [0.05, 0.1) is 0 Å². The van der Waals surface area contributed by atoms with E-state index in [0.717, 1.165) is 17.5 Å². The molecule has 0 fully saturated rings. The summed E-state index contributed by atoms with van der Waals surface area (Å²) in [5, 5.41) is 19.8. The van der Waals surface area contributed by atoms with Crippen LogP contribution in [0.25, 0.3) is 0 Å². The minimum atomic E-state index is 0.136. The summed E-state index contributed by atoms with van der Waals surface area (Å²) in [4.78, 5) is 0. The van der Waals surface area contributed by atoms with Crippen LogP contribution in [0.15, 0.2) is 23.8 Å². The first-order valence-electron chi connectivity index (χ1n) is 7.10. The second-order valence-electron chi connectivity index (χ2n) is 6.18. The summed E-state index contributed by atoms with van der Waals surface area (Å²) in [6.07, 6.45) is 4.62. The topological polar surface area (TPSA) is 40.5 Å². The number of phenolic OH excluding ortho intramolecular Hbond substituents is 2. The maximum absolute atomic E-state index is 10.2. The lowest BCUT2D eigenvalue weighted by Gasteiger charge is -2.34. The van der Waals surface area contributed by atoms with E-state index in [-0.39, 0.29) is 17.4 Å². The fourth-order valence-corrected chi connectivity index (χ4v) is 3.33. The summed E-state index contributed by atoms with van der Waals surface area (Å²) in [5.41, 5.74) is 3.35. The van der Waals surface area contributed by atoms with E-state index in [2.05, 4.69) is 26.8 Å². The molecule has 0 heterocycles. The second kappa shape index (κ2) is 5.28. The largest absolute Gasteiger partial charge is 0.508 e. The molecule has 0 aromatic heterocycles. The normalized spacial score (nSPS) is 23.5. The molecule has 0 amide bonds. The van der Waals surface area contributed by atoms with E-state index < -0.39 is 0 Å². The molecular formula is C17H24O2. The number of hydrogen-bond acceptors (Lipinski definition) is 2. The molecule has 2 N–H and O–H groups in total. The minimum absolute atomic E-state index is 0.136. The zero-order chi connectivity index (χ0) is 14.2. The van der Waals surface area contributed by atoms with Crippen LogP contribution in [0.2, 0.25) is 0 Å². The van der Waals surface area contributed by atoms with Crippen molar-refractivity contribution in [2.45, 2.75) is 46.5 Å². The molecule has 2 heteroatoms. The van der Waals surface area contributed by atoms with Gasteiger partial charge in [-0.05, 0) is 50.2 Å². The SMILES string of the molecule is CC1=CC(c2c(C)cc(O)cc2O)[C@H](C(C)C)CC1. The Hall–Kier alpha value is -1.44. The van der Waals surface area contributed by atoms with Crippen LogP contribution in [0.1, 0.15) is 50.7 Å². The van der Waals surface area contributed by atoms with E-state index in [1.807, 2.05) is 6.92 Å². The van der Waals surface area contributed by atoms with Crippen LogP contribution in [0.3, 0.4) is 0 Å². The molecular weight excluding hydrogens is 236 g/mol. The molecule has 2 atom stereocenters. The van der Waals surface area contributed by atoms with E-state index in [0.29, 0.717) is 11.8 Å². The molecule has 1 aliphatic carbocycles. The van der Waals surface area contributed by atoms with Gasteiger partial charge in [-0.15, -0.1) is 0 Å². The number of benzene rings is 1. The summed E-state index contributed by atoms with van der Waals surface area (Å²) in [5.74, 6) is 1.75. The number of phenols is 2. The van der Waals surface area contributed by atoms with Gasteiger partial charge in [0.15, 0.2) is 0 Å². The lowest BCUT2D eigenvalue weighted by atomic mass is 9.71. The van der Waals surface area contributed by atoms with Gasteiger partial charge in [0.2, 0.25) is 0 Å². The molecule has 1 aromatic carbocycles. The van der Waals surface area contributed by atoms with Crippen molar-refractivity contribution in [2.75, 3.05) is 0 Å². The highest BCUT2D eigenvalue weighted by molar-refractivity contribution is 5.49. The lowest BCUT2D eigenvalue weighted by Crippen LogP contribution is -2.21. The van der Waals surface area contributed by atoms with Crippen molar-refractivity contribution >= 4 is 0 Å². The molecule has 0 radical (unpaired) electrons. The molecule has 1 unspecified atom stereocenters. The Kier molecular flexibility index (Phi) is 3.88. The van der Waals surface area contributed by atoms with Crippen LogP contribution in [0, 0.1) is 18.8 Å². The van der Waals surface area contributed by atoms with Crippen molar-refractivity contribution in [3.63, 3.8) is 0 Å². The third-order valence-corrected chi connectivity index (χ3v) is 4.34. The zero-order valence-electron chi connectivity index (χ0n) is 12.3. The fraction of sp³-hybridized carbons (Fsp3) is 0.529. The van der Waals surface area contributed by atoms with Crippen molar-refractivity contribution in [1.82, 2.24) is 0 Å². The molecule has 2 nitrogen and oxygen atoms in total. The van der Waals surface area contributed by atoms with Crippen LogP contribution in [0.4, 0.5) is 0 Å². The molecule has 0 saturated heterocycles. The maximum Gasteiger partial charge on any atom is 0.123 e. The van der Waals surface area contributed by atoms with Crippen molar-refractivity contribution < 1.29 is 10.2 Å². The van der Waals surface area contributed by atoms with Crippen LogP contribution in [-0.2, 0) is 0 Å². The van der Waals surface area contributed by atoms with Crippen molar-refractivity contribution in [3.8, 4) is 11.5 Å². The number of hydrogen-bond donors (Lipinski definition) is 2. The van der Waals surface area contributed by atoms with Crippen molar-refractivity contribution in [1.29, 1.82) is 0 Å². The molecule has 19 heavy (non-hydrogen) atoms. The molecule has 104 valence electrons. The highest BCUT2D eigenvalue weighted by atomic mass is 16.3. The van der Waals surface area contributed by atoms with Gasteiger partial charge in [-0.2, -0.15) is 0 Å². The maximum atomic E-state index is 10.2. The van der Waals surface area contributed by atoms with Crippen LogP contribution < -0.4 is 0 Å². The van der Waals surface area contributed by atoms with Gasteiger partial charge >= 0.3 is 0 Å². The predicted molar refractivity (Wildman–Crippen MR) is 78.6 cm³/mol. The van der Waals surface area contributed by atoms with E-state index in [1.54, 1.807) is 6.07 Å². The molecule has 0 spiro atoms. The molecule has 1 aliphatic rings. The molecule has 2 rings (SSSR count). The van der Waals surface area contributed by atoms with Gasteiger partial charge in [-0.25, -0.2) is 0 Å². The zero-order valence-corrected chi connectivity index (χ0v) is 12.3. The van der Waals surface area contributed by atoms with E-state index in [1.165, 1.54) is 18.1 Å². The Morgan fingerprint density at radius 1 is 1.16 bits per heavy atom. The summed E-state index contributed by atoms with van der Waals surface area (Å²) in [6, 6.07) is 3.20. The van der Waals surface area contributed by atoms with Gasteiger partial charge in [-0.1, -0.05) is 25.5 Å². The highest BCUT2D eigenvalue weighted by Crippen LogP contribution is 2.45. The average Bonchev–Trinajstić information content (AvgIpc) is 2.27. The van der Waals surface area contributed by atoms with Gasteiger partial charge in [-0.3, -0.25) is 0 Å². The lowest BCUT2D eigenvalue weighted by molar-refractivity contribution is 0.309. The standard InChI is InChI=1S/C17H24O2/c1-10(2)14-6-5-11(3)7-15(14)17-12(4)8-13(18)9-16(17)19/h7-10,14-15,18-19H,5-6H2,1-4H3/t14-,15?/m0/s1. The first-order valence-corrected chi connectivity index (χ1v) is 7.10. The number of aryl methyl sites for hydroxylation is 1. The van der Waals surface area contributed by atoms with Crippen LogP contribution in [-0.4, -0.2) is 10.2 Å². The van der Waals surface area contributed by atoms with Crippen LogP contribution in [0.5, 0.6) is 11.5 Å². The molecule has 0 saturated carbocycles. The number of allylic oxidation sites excluding steroid dienone is 2. The summed E-state index contributed by atoms with van der Waals surface area (Å²) < 4.78 is 0. The minimum Gasteiger partial charge on any atom is -0.508 e. The quantitative estimate of drug-likeness (QED) is 0.768. The van der Waals surface area contributed by atoms with Gasteiger partial charge < -0.3 is 10.2 Å². The first-order chi connectivity index (χ1) is 8.90. The second-order valence-corrected chi connectivity index (χ2v) is 6.18. The molecule has 1 aromatic rings. The van der Waals surface area contributed by atoms with Crippen molar-refractivity contribution in [2.24, 2.45) is 11.8 Å². The van der Waals surface area contributed by atoms with Crippen LogP contribution >= 0.6 is 0 Å². The Morgan fingerprint density at radius 2 is 1.84 bits per heavy atom. The van der Waals surface area contributed by atoms with Gasteiger partial charge in [0.1, 0.15) is 11.5 Å². The Balaban J connectivity index is 2.51. The fourth-order valence-electron chi connectivity index (χ4n) is 3.33. The smallest absolute Gasteiger partial charge is 0.123 e. The summed E-state index contributed by atoms with van der Waals surface area (Å²) >= 11 is 0. The third kappa shape index (κ3) is 2.78. The van der Waals surface area contributed by atoms with E-state index in [9.17, 15) is 10.2 Å². The van der Waals surface area contributed by atoms with E-state index in [4.69, 9.17) is 0 Å².